The van der Waals surface area contributed by atoms with Gasteiger partial charge >= 0.3 is 0 Å². The van der Waals surface area contributed by atoms with Gasteiger partial charge in [0.05, 0.1) is 0 Å². The summed E-state index contributed by atoms with van der Waals surface area (Å²) in [6.07, 6.45) is 4.58. The summed E-state index contributed by atoms with van der Waals surface area (Å²) in [5.41, 5.74) is 1.33. The fraction of sp³-hybridized carbons (Fsp3) is 0.400. The highest BCUT2D eigenvalue weighted by molar-refractivity contribution is 7.98. The van der Waals surface area contributed by atoms with Crippen LogP contribution in [0.4, 0.5) is 0 Å². The third kappa shape index (κ3) is 3.47. The number of rotatable bonds is 4. The van der Waals surface area contributed by atoms with E-state index in [-0.39, 0.29) is 0 Å². The zero-order chi connectivity index (χ0) is 7.94. The zero-order valence-electron chi connectivity index (χ0n) is 6.84. The van der Waals surface area contributed by atoms with Crippen molar-refractivity contribution >= 4 is 11.8 Å². The Morgan fingerprint density at radius 2 is 2.36 bits per heavy atom. The molecule has 0 atom stereocenters. The monoisotopic (exact) mass is 165 g/mol. The second kappa shape index (κ2) is 5.25. The van der Waals surface area contributed by atoms with Gasteiger partial charge in [-0.05, 0) is 36.5 Å². The van der Waals surface area contributed by atoms with Crippen LogP contribution < -0.4 is 0 Å². The third-order valence-corrected chi connectivity index (χ3v) is 2.26. The highest BCUT2D eigenvalue weighted by Crippen LogP contribution is 2.04. The van der Waals surface area contributed by atoms with E-state index >= 15 is 0 Å². The van der Waals surface area contributed by atoms with Gasteiger partial charge in [0, 0.05) is 0 Å². The van der Waals surface area contributed by atoms with E-state index in [1.165, 1.54) is 24.2 Å². The highest BCUT2D eigenvalue weighted by Gasteiger charge is 1.90. The Morgan fingerprint density at radius 1 is 1.45 bits per heavy atom. The van der Waals surface area contributed by atoms with Crippen molar-refractivity contribution in [2.75, 3.05) is 12.0 Å². The number of aryl methyl sites for hydroxylation is 1. The molecule has 0 N–H and O–H groups in total. The first-order chi connectivity index (χ1) is 5.43. The summed E-state index contributed by atoms with van der Waals surface area (Å²) in [4.78, 5) is 0. The number of thioether (sulfide) groups is 1. The molecule has 0 amide bonds. The normalized spacial score (nSPS) is 9.91. The van der Waals surface area contributed by atoms with Crippen LogP contribution in [0.25, 0.3) is 0 Å². The molecule has 0 unspecified atom stereocenters. The SMILES string of the molecule is CSCCCc1[c]cccc1. The van der Waals surface area contributed by atoms with Gasteiger partial charge in [-0.1, -0.05) is 24.3 Å². The lowest BCUT2D eigenvalue weighted by Gasteiger charge is -1.97. The molecule has 0 saturated carbocycles. The molecule has 1 heteroatoms. The summed E-state index contributed by atoms with van der Waals surface area (Å²) in [6, 6.07) is 11.4. The Hall–Kier alpha value is -0.430. The molecule has 1 radical (unpaired) electrons. The van der Waals surface area contributed by atoms with Gasteiger partial charge in [-0.3, -0.25) is 0 Å². The molecule has 1 aromatic carbocycles. The number of hydrogen-bond donors (Lipinski definition) is 0. The van der Waals surface area contributed by atoms with Crippen LogP contribution in [0, 0.1) is 6.07 Å². The van der Waals surface area contributed by atoms with E-state index in [0.29, 0.717) is 0 Å². The number of benzene rings is 1. The fourth-order valence-corrected chi connectivity index (χ4v) is 1.43. The second-order valence-corrected chi connectivity index (χ2v) is 3.47. The van der Waals surface area contributed by atoms with Gasteiger partial charge < -0.3 is 0 Å². The second-order valence-electron chi connectivity index (χ2n) is 2.48. The summed E-state index contributed by atoms with van der Waals surface area (Å²) in [7, 11) is 0. The standard InChI is InChI=1S/C10H13S/c1-11-9-5-8-10-6-3-2-4-7-10/h2-4,6H,5,8-9H2,1H3. The molecule has 1 aromatic rings. The van der Waals surface area contributed by atoms with Crippen molar-refractivity contribution in [1.82, 2.24) is 0 Å². The maximum atomic E-state index is 3.22. The molecule has 0 aliphatic heterocycles. The van der Waals surface area contributed by atoms with Crippen molar-refractivity contribution in [1.29, 1.82) is 0 Å². The molecule has 1 rings (SSSR count). The maximum Gasteiger partial charge on any atom is -0.00671 e. The van der Waals surface area contributed by atoms with E-state index in [4.69, 9.17) is 0 Å². The summed E-state index contributed by atoms with van der Waals surface area (Å²) in [5, 5.41) is 0. The Balaban J connectivity index is 2.28. The van der Waals surface area contributed by atoms with Crippen LogP contribution in [0.2, 0.25) is 0 Å². The molecular weight excluding hydrogens is 152 g/mol. The molecule has 0 saturated heterocycles. The van der Waals surface area contributed by atoms with Crippen LogP contribution in [0.15, 0.2) is 24.3 Å². The van der Waals surface area contributed by atoms with Crippen molar-refractivity contribution < 1.29 is 0 Å². The van der Waals surface area contributed by atoms with Gasteiger partial charge in [0.15, 0.2) is 0 Å². The van der Waals surface area contributed by atoms with Gasteiger partial charge in [-0.25, -0.2) is 0 Å². The number of hydrogen-bond acceptors (Lipinski definition) is 1. The minimum Gasteiger partial charge on any atom is -0.165 e. The largest absolute Gasteiger partial charge is 0.165 e. The Labute approximate surface area is 73.0 Å². The Morgan fingerprint density at radius 3 is 3.00 bits per heavy atom. The van der Waals surface area contributed by atoms with Crippen LogP contribution >= 0.6 is 11.8 Å². The van der Waals surface area contributed by atoms with E-state index in [9.17, 15) is 0 Å². The Bertz CT molecular complexity index is 181. The van der Waals surface area contributed by atoms with E-state index in [1.807, 2.05) is 23.9 Å². The Kier molecular flexibility index (Phi) is 4.14. The zero-order valence-corrected chi connectivity index (χ0v) is 7.66. The third-order valence-electron chi connectivity index (χ3n) is 1.57. The molecule has 0 aromatic heterocycles. The van der Waals surface area contributed by atoms with Gasteiger partial charge in [0.25, 0.3) is 0 Å². The molecule has 0 fully saturated rings. The van der Waals surface area contributed by atoms with Crippen LogP contribution in [-0.4, -0.2) is 12.0 Å². The molecule has 0 aliphatic carbocycles. The predicted molar refractivity (Wildman–Crippen MR) is 52.0 cm³/mol. The van der Waals surface area contributed by atoms with Crippen LogP contribution in [-0.2, 0) is 6.42 Å². The fourth-order valence-electron chi connectivity index (χ4n) is 0.993. The summed E-state index contributed by atoms with van der Waals surface area (Å²) < 4.78 is 0. The molecule has 0 heterocycles. The first kappa shape index (κ1) is 8.66. The molecule has 59 valence electrons. The average molecular weight is 165 g/mol. The van der Waals surface area contributed by atoms with Crippen LogP contribution in [0.5, 0.6) is 0 Å². The molecular formula is C10H13S. The van der Waals surface area contributed by atoms with Crippen molar-refractivity contribution in [3.8, 4) is 0 Å². The van der Waals surface area contributed by atoms with E-state index in [0.717, 1.165) is 0 Å². The molecule has 0 bridgehead atoms. The molecule has 0 aliphatic rings. The molecule has 0 spiro atoms. The lowest BCUT2D eigenvalue weighted by Crippen LogP contribution is -1.86. The summed E-state index contributed by atoms with van der Waals surface area (Å²) in [5.74, 6) is 1.25. The molecule has 0 nitrogen and oxygen atoms in total. The lowest BCUT2D eigenvalue weighted by atomic mass is 10.1. The minimum absolute atomic E-state index is 1.17. The van der Waals surface area contributed by atoms with E-state index < -0.39 is 0 Å². The quantitative estimate of drug-likeness (QED) is 0.618. The summed E-state index contributed by atoms with van der Waals surface area (Å²) >= 11 is 1.91. The van der Waals surface area contributed by atoms with Crippen molar-refractivity contribution in [3.63, 3.8) is 0 Å². The average Bonchev–Trinajstić information content (AvgIpc) is 2.07. The van der Waals surface area contributed by atoms with Gasteiger partial charge in [0.1, 0.15) is 0 Å². The first-order valence-corrected chi connectivity index (χ1v) is 5.27. The van der Waals surface area contributed by atoms with Crippen molar-refractivity contribution in [2.24, 2.45) is 0 Å². The van der Waals surface area contributed by atoms with Gasteiger partial charge in [-0.15, -0.1) is 0 Å². The lowest BCUT2D eigenvalue weighted by molar-refractivity contribution is 0.933. The molecule has 11 heavy (non-hydrogen) atoms. The highest BCUT2D eigenvalue weighted by atomic mass is 32.2. The van der Waals surface area contributed by atoms with Gasteiger partial charge in [-0.2, -0.15) is 11.8 Å². The predicted octanol–water partition coefficient (Wildman–Crippen LogP) is 2.78. The summed E-state index contributed by atoms with van der Waals surface area (Å²) in [6.45, 7) is 0. The van der Waals surface area contributed by atoms with Crippen LogP contribution in [0.3, 0.4) is 0 Å². The smallest absolute Gasteiger partial charge is 0.00671 e. The van der Waals surface area contributed by atoms with E-state index in [1.54, 1.807) is 0 Å². The topological polar surface area (TPSA) is 0 Å². The van der Waals surface area contributed by atoms with Crippen LogP contribution in [0.1, 0.15) is 12.0 Å². The maximum absolute atomic E-state index is 3.22. The van der Waals surface area contributed by atoms with E-state index in [2.05, 4.69) is 24.5 Å². The van der Waals surface area contributed by atoms with Crippen molar-refractivity contribution in [2.45, 2.75) is 12.8 Å². The minimum atomic E-state index is 1.17. The van der Waals surface area contributed by atoms with Gasteiger partial charge in [0.2, 0.25) is 0 Å². The first-order valence-electron chi connectivity index (χ1n) is 3.88. The van der Waals surface area contributed by atoms with Crippen molar-refractivity contribution in [3.05, 3.63) is 35.9 Å².